The van der Waals surface area contributed by atoms with Gasteiger partial charge in [-0.2, -0.15) is 0 Å². The maximum atomic E-state index is 13.1. The maximum Gasteiger partial charge on any atom is 0.326 e. The van der Waals surface area contributed by atoms with Crippen LogP contribution in [0.4, 0.5) is 0 Å². The molecule has 0 aliphatic carbocycles. The summed E-state index contributed by atoms with van der Waals surface area (Å²) in [7, 11) is 0. The minimum atomic E-state index is -1.10. The van der Waals surface area contributed by atoms with Crippen LogP contribution in [-0.4, -0.2) is 40.0 Å². The summed E-state index contributed by atoms with van der Waals surface area (Å²) >= 11 is 0. The first-order valence-corrected chi connectivity index (χ1v) is 16.7. The Morgan fingerprint density at radius 3 is 1.86 bits per heavy atom. The topological polar surface area (TPSA) is 111 Å². The number of H-pyrrole nitrogens is 1. The Morgan fingerprint density at radius 2 is 1.31 bits per heavy atom. The van der Waals surface area contributed by atoms with Crippen molar-refractivity contribution in [1.82, 2.24) is 15.6 Å². The van der Waals surface area contributed by atoms with Gasteiger partial charge < -0.3 is 20.7 Å². The number of aromatic nitrogens is 1. The molecule has 0 fully saturated rings. The number of aliphatic carboxylic acids is 1. The number of carboxylic acid groups (broad SMARTS) is 1. The molecule has 2 atom stereocenters. The van der Waals surface area contributed by atoms with Crippen molar-refractivity contribution in [3.05, 3.63) is 36.0 Å². The first-order chi connectivity index (χ1) is 20.3. The Balaban J connectivity index is 1.65. The molecule has 0 radical (unpaired) electrons. The molecule has 2 aromatic rings. The Bertz CT molecular complexity index is 1050. The van der Waals surface area contributed by atoms with Crippen molar-refractivity contribution in [2.75, 3.05) is 0 Å². The first-order valence-electron chi connectivity index (χ1n) is 16.7. The minimum Gasteiger partial charge on any atom is -0.480 e. The molecule has 1 heterocycles. The number of hydrogen-bond donors (Lipinski definition) is 4. The summed E-state index contributed by atoms with van der Waals surface area (Å²) < 4.78 is 0. The van der Waals surface area contributed by atoms with Gasteiger partial charge in [0.15, 0.2) is 0 Å². The molecule has 0 saturated carbocycles. The molecule has 4 N–H and O–H groups in total. The zero-order valence-corrected chi connectivity index (χ0v) is 26.5. The number of hydrogen-bond acceptors (Lipinski definition) is 3. The predicted molar refractivity (Wildman–Crippen MR) is 173 cm³/mol. The predicted octanol–water partition coefficient (Wildman–Crippen LogP) is 8.07. The van der Waals surface area contributed by atoms with Crippen LogP contribution in [0.3, 0.4) is 0 Å². The maximum absolute atomic E-state index is 13.1. The second-order valence-corrected chi connectivity index (χ2v) is 12.4. The van der Waals surface area contributed by atoms with Crippen LogP contribution in [0.15, 0.2) is 30.5 Å². The normalized spacial score (nSPS) is 12.9. The van der Waals surface area contributed by atoms with E-state index in [9.17, 15) is 19.5 Å². The number of carbonyl (C=O) groups excluding carboxylic acids is 2. The summed E-state index contributed by atoms with van der Waals surface area (Å²) in [5.74, 6) is -1.51. The second kappa shape index (κ2) is 21.0. The zero-order chi connectivity index (χ0) is 30.6. The third-order valence-electron chi connectivity index (χ3n) is 8.08. The van der Waals surface area contributed by atoms with Gasteiger partial charge in [-0.15, -0.1) is 0 Å². The molecule has 236 valence electrons. The molecule has 0 spiro atoms. The van der Waals surface area contributed by atoms with Crippen LogP contribution < -0.4 is 10.6 Å². The Morgan fingerprint density at radius 1 is 0.762 bits per heavy atom. The lowest BCUT2D eigenvalue weighted by atomic mass is 10.0. The molecule has 2 unspecified atom stereocenters. The average molecular weight is 584 g/mol. The highest BCUT2D eigenvalue weighted by Crippen LogP contribution is 2.19. The van der Waals surface area contributed by atoms with Crippen molar-refractivity contribution < 1.29 is 19.5 Å². The van der Waals surface area contributed by atoms with E-state index in [4.69, 9.17) is 0 Å². The Kier molecular flexibility index (Phi) is 17.6. The van der Waals surface area contributed by atoms with Crippen molar-refractivity contribution in [3.63, 3.8) is 0 Å². The van der Waals surface area contributed by atoms with E-state index in [0.29, 0.717) is 12.8 Å². The van der Waals surface area contributed by atoms with E-state index in [0.717, 1.165) is 35.7 Å². The van der Waals surface area contributed by atoms with Crippen molar-refractivity contribution in [3.8, 4) is 0 Å². The lowest BCUT2D eigenvalue weighted by molar-refractivity contribution is -0.142. The highest BCUT2D eigenvalue weighted by Gasteiger charge is 2.28. The van der Waals surface area contributed by atoms with E-state index >= 15 is 0 Å². The standard InChI is InChI=1S/C35H57N3O4/c1-4-5-6-7-8-9-10-11-12-13-14-15-16-17-18-23-33(39)37-31(24-27(2)3)34(40)38-32(35(41)42)25-28-26-36-30-22-20-19-21-29(28)30/h19-22,26-27,31-32,36H,4-18,23-25H2,1-3H3,(H,37,39)(H,38,40)(H,41,42). The fourth-order valence-corrected chi connectivity index (χ4v) is 5.62. The smallest absolute Gasteiger partial charge is 0.326 e. The van der Waals surface area contributed by atoms with Crippen molar-refractivity contribution in [2.24, 2.45) is 5.92 Å². The van der Waals surface area contributed by atoms with Crippen molar-refractivity contribution >= 4 is 28.7 Å². The molecule has 7 heteroatoms. The van der Waals surface area contributed by atoms with E-state index in [1.165, 1.54) is 77.0 Å². The van der Waals surface area contributed by atoms with E-state index in [1.807, 2.05) is 38.1 Å². The molecule has 0 aliphatic rings. The molecular weight excluding hydrogens is 526 g/mol. The summed E-state index contributed by atoms with van der Waals surface area (Å²) in [6, 6.07) is 5.85. The third-order valence-corrected chi connectivity index (χ3v) is 8.08. The summed E-state index contributed by atoms with van der Waals surface area (Å²) in [6.45, 7) is 6.24. The molecule has 7 nitrogen and oxygen atoms in total. The minimum absolute atomic E-state index is 0.144. The van der Waals surface area contributed by atoms with Gasteiger partial charge in [-0.25, -0.2) is 4.79 Å². The number of nitrogens with one attached hydrogen (secondary N) is 3. The summed E-state index contributed by atoms with van der Waals surface area (Å²) in [4.78, 5) is 41.0. The third kappa shape index (κ3) is 14.4. The molecule has 1 aromatic carbocycles. The number of amides is 2. The molecule has 1 aromatic heterocycles. The SMILES string of the molecule is CCCCCCCCCCCCCCCCCC(=O)NC(CC(C)C)C(=O)NC(Cc1c[nH]c2ccccc12)C(=O)O. The van der Waals surface area contributed by atoms with Gasteiger partial charge in [-0.1, -0.05) is 129 Å². The molecule has 2 rings (SSSR count). The van der Waals surface area contributed by atoms with Gasteiger partial charge in [0.1, 0.15) is 12.1 Å². The fourth-order valence-electron chi connectivity index (χ4n) is 5.62. The van der Waals surface area contributed by atoms with E-state index in [-0.39, 0.29) is 18.2 Å². The number of rotatable bonds is 24. The Hall–Kier alpha value is -2.83. The number of carbonyl (C=O) groups is 3. The van der Waals surface area contributed by atoms with Gasteiger partial charge in [0.25, 0.3) is 0 Å². The van der Waals surface area contributed by atoms with Gasteiger partial charge in [0, 0.05) is 29.9 Å². The highest BCUT2D eigenvalue weighted by molar-refractivity contribution is 5.91. The summed E-state index contributed by atoms with van der Waals surface area (Å²) in [5.41, 5.74) is 1.75. The number of unbranched alkanes of at least 4 members (excludes halogenated alkanes) is 14. The van der Waals surface area contributed by atoms with Crippen LogP contribution in [0.1, 0.15) is 135 Å². The van der Waals surface area contributed by atoms with Gasteiger partial charge in [0.05, 0.1) is 0 Å². The van der Waals surface area contributed by atoms with Crippen molar-refractivity contribution in [2.45, 2.75) is 148 Å². The van der Waals surface area contributed by atoms with E-state index in [2.05, 4.69) is 22.5 Å². The van der Waals surface area contributed by atoms with Gasteiger partial charge in [-0.3, -0.25) is 9.59 Å². The quantitative estimate of drug-likeness (QED) is 0.0936. The second-order valence-electron chi connectivity index (χ2n) is 12.4. The summed E-state index contributed by atoms with van der Waals surface area (Å²) in [5, 5.41) is 16.3. The van der Waals surface area contributed by atoms with Crippen LogP contribution in [-0.2, 0) is 20.8 Å². The number of para-hydroxylation sites is 1. The number of benzene rings is 1. The Labute approximate surface area is 254 Å². The first kappa shape index (κ1) is 35.4. The largest absolute Gasteiger partial charge is 0.480 e. The molecule has 2 amide bonds. The molecule has 0 bridgehead atoms. The van der Waals surface area contributed by atoms with Crippen molar-refractivity contribution in [1.29, 1.82) is 0 Å². The fraction of sp³-hybridized carbons (Fsp3) is 0.686. The van der Waals surface area contributed by atoms with Crippen LogP contribution >= 0.6 is 0 Å². The van der Waals surface area contributed by atoms with Crippen LogP contribution in [0.5, 0.6) is 0 Å². The van der Waals surface area contributed by atoms with Crippen LogP contribution in [0.25, 0.3) is 10.9 Å². The van der Waals surface area contributed by atoms with Gasteiger partial charge >= 0.3 is 5.97 Å². The van der Waals surface area contributed by atoms with Gasteiger partial charge in [-0.05, 0) is 30.4 Å². The number of fused-ring (bicyclic) bond motifs is 1. The summed E-state index contributed by atoms with van der Waals surface area (Å²) in [6.07, 6.45) is 21.9. The zero-order valence-electron chi connectivity index (χ0n) is 26.5. The van der Waals surface area contributed by atoms with E-state index in [1.54, 1.807) is 6.20 Å². The molecular formula is C35H57N3O4. The average Bonchev–Trinajstić information content (AvgIpc) is 3.36. The molecule has 42 heavy (non-hydrogen) atoms. The number of aromatic amines is 1. The van der Waals surface area contributed by atoms with E-state index < -0.39 is 24.0 Å². The van der Waals surface area contributed by atoms with Gasteiger partial charge in [0.2, 0.25) is 11.8 Å². The number of carboxylic acids is 1. The van der Waals surface area contributed by atoms with Crippen LogP contribution in [0.2, 0.25) is 0 Å². The molecule has 0 aliphatic heterocycles. The highest BCUT2D eigenvalue weighted by atomic mass is 16.4. The monoisotopic (exact) mass is 583 g/mol. The lowest BCUT2D eigenvalue weighted by Gasteiger charge is -2.23. The molecule has 0 saturated heterocycles. The lowest BCUT2D eigenvalue weighted by Crippen LogP contribution is -2.52. The van der Waals surface area contributed by atoms with Crippen LogP contribution in [0, 0.1) is 5.92 Å².